The molecule has 382 valence electrons. The lowest BCUT2D eigenvalue weighted by Crippen LogP contribution is -2.81. The van der Waals surface area contributed by atoms with Crippen molar-refractivity contribution in [3.63, 3.8) is 0 Å². The molecule has 0 saturated carbocycles. The summed E-state index contributed by atoms with van der Waals surface area (Å²) in [6.07, 6.45) is -6.98. The van der Waals surface area contributed by atoms with Crippen molar-refractivity contribution >= 4 is 57.0 Å². The number of hydrogen-bond donors (Lipinski definition) is 0. The maximum atomic E-state index is 15.4. The maximum absolute atomic E-state index is 15.4. The van der Waals surface area contributed by atoms with Crippen LogP contribution in [0.4, 0.5) is 92.2 Å². The molecule has 0 atom stereocenters. The van der Waals surface area contributed by atoms with Crippen LogP contribution in [0, 0.1) is 122 Å². The SMILES string of the molecule is Fc1c(F)c(F)c([B-](c2c(F)c(F)c(F)c(F)c2F)(c2c(F)c(F)c(F)c(F)c2F)c2c(F)c(F)c(F)c(F)c2F)c(F)c1F.O=C(C[P+](c1ccccc1)(c1ccccc1)c1ccccc1)c1ccccc1F. The van der Waals surface area contributed by atoms with Gasteiger partial charge in [0.1, 0.15) is 87.8 Å². The molecule has 8 rings (SSSR count). The summed E-state index contributed by atoms with van der Waals surface area (Å²) in [5.41, 5.74) is -14.2. The van der Waals surface area contributed by atoms with Crippen LogP contribution in [0.2, 0.25) is 0 Å². The average molecular weight is 1080 g/mol. The highest BCUT2D eigenvalue weighted by Crippen LogP contribution is 2.55. The van der Waals surface area contributed by atoms with Crippen LogP contribution < -0.4 is 37.8 Å². The van der Waals surface area contributed by atoms with Gasteiger partial charge in [0.2, 0.25) is 5.78 Å². The molecule has 0 spiro atoms. The fourth-order valence-electron chi connectivity index (χ4n) is 8.63. The lowest BCUT2D eigenvalue weighted by molar-refractivity contribution is 0.101. The Labute approximate surface area is 402 Å². The number of carbonyl (C=O) groups is 1. The largest absolute Gasteiger partial charge is 0.290 e. The molecule has 0 aliphatic heterocycles. The first-order chi connectivity index (χ1) is 34.9. The van der Waals surface area contributed by atoms with Gasteiger partial charge in [0.25, 0.3) is 0 Å². The van der Waals surface area contributed by atoms with E-state index in [0.717, 1.165) is 15.9 Å². The van der Waals surface area contributed by atoms with E-state index < -0.39 is 157 Å². The van der Waals surface area contributed by atoms with Crippen molar-refractivity contribution in [2.24, 2.45) is 0 Å². The van der Waals surface area contributed by atoms with Gasteiger partial charge in [-0.1, -0.05) is 66.7 Å². The maximum Gasteiger partial charge on any atom is 0.204 e. The van der Waals surface area contributed by atoms with Crippen molar-refractivity contribution in [2.45, 2.75) is 0 Å². The van der Waals surface area contributed by atoms with Crippen LogP contribution in [-0.2, 0) is 0 Å². The van der Waals surface area contributed by atoms with Gasteiger partial charge in [0.15, 0.2) is 69.8 Å². The fourth-order valence-corrected chi connectivity index (χ4v) is 12.7. The molecule has 0 amide bonds. The lowest BCUT2D eigenvalue weighted by atomic mass is 9.12. The summed E-state index contributed by atoms with van der Waals surface area (Å²) >= 11 is 0. The molecule has 0 aliphatic carbocycles. The Morgan fingerprint density at radius 2 is 0.486 bits per heavy atom. The minimum atomic E-state index is -7.22. The molecule has 8 aromatic rings. The zero-order valence-electron chi connectivity index (χ0n) is 36.0. The van der Waals surface area contributed by atoms with E-state index in [1.54, 1.807) is 18.2 Å². The van der Waals surface area contributed by atoms with E-state index in [-0.39, 0.29) is 17.5 Å². The summed E-state index contributed by atoms with van der Waals surface area (Å²) < 4.78 is 308. The molecule has 0 aromatic heterocycles. The van der Waals surface area contributed by atoms with E-state index in [9.17, 15) is 61.9 Å². The van der Waals surface area contributed by atoms with Gasteiger partial charge in [-0.3, -0.25) is 4.79 Å². The van der Waals surface area contributed by atoms with Crippen LogP contribution in [0.25, 0.3) is 0 Å². The van der Waals surface area contributed by atoms with Crippen molar-refractivity contribution in [3.05, 3.63) is 243 Å². The van der Waals surface area contributed by atoms with Crippen LogP contribution in [0.3, 0.4) is 0 Å². The second-order valence-corrected chi connectivity index (χ2v) is 19.2. The van der Waals surface area contributed by atoms with Crippen LogP contribution in [0.1, 0.15) is 10.4 Å². The monoisotopic (exact) mass is 1080 g/mol. The Bertz CT molecular complexity index is 3030. The highest BCUT2D eigenvalue weighted by Gasteiger charge is 2.53. The molecule has 24 heteroatoms. The van der Waals surface area contributed by atoms with Crippen molar-refractivity contribution in [3.8, 4) is 0 Å². The first-order valence-electron chi connectivity index (χ1n) is 20.5. The molecular weight excluding hydrogens is 1060 g/mol. The van der Waals surface area contributed by atoms with Crippen molar-refractivity contribution in [1.29, 1.82) is 0 Å². The summed E-state index contributed by atoms with van der Waals surface area (Å²) in [6.45, 7) is 0. The third kappa shape index (κ3) is 8.53. The highest BCUT2D eigenvalue weighted by molar-refractivity contribution is 7.96. The lowest BCUT2D eigenvalue weighted by Gasteiger charge is -2.44. The molecule has 0 aliphatic rings. The molecule has 0 N–H and O–H groups in total. The summed E-state index contributed by atoms with van der Waals surface area (Å²) in [6, 6.07) is 36.7. The molecule has 74 heavy (non-hydrogen) atoms. The minimum Gasteiger partial charge on any atom is -0.290 e. The summed E-state index contributed by atoms with van der Waals surface area (Å²) in [5, 5.41) is 3.34. The van der Waals surface area contributed by atoms with Crippen LogP contribution in [0.15, 0.2) is 115 Å². The molecule has 8 aromatic carbocycles. The van der Waals surface area contributed by atoms with Crippen LogP contribution in [0.5, 0.6) is 0 Å². The van der Waals surface area contributed by atoms with Crippen molar-refractivity contribution < 1.29 is 97.0 Å². The minimum absolute atomic E-state index is 0.152. The van der Waals surface area contributed by atoms with Gasteiger partial charge >= 0.3 is 0 Å². The molecule has 0 heterocycles. The highest BCUT2D eigenvalue weighted by atomic mass is 31.2. The number of benzene rings is 8. The predicted molar refractivity (Wildman–Crippen MR) is 230 cm³/mol. The zero-order valence-corrected chi connectivity index (χ0v) is 36.9. The third-order valence-corrected chi connectivity index (χ3v) is 16.2. The number of carbonyl (C=O) groups excluding carboxylic acids is 1. The van der Waals surface area contributed by atoms with Crippen molar-refractivity contribution in [2.75, 3.05) is 6.16 Å². The predicted octanol–water partition coefficient (Wildman–Crippen LogP) is 10.8. The quantitative estimate of drug-likeness (QED) is 0.0333. The van der Waals surface area contributed by atoms with E-state index in [1.807, 2.05) is 54.6 Å². The van der Waals surface area contributed by atoms with Gasteiger partial charge in [0, 0.05) is 0 Å². The van der Waals surface area contributed by atoms with E-state index in [1.165, 1.54) is 6.07 Å². The number of Topliss-reactive ketones (excluding diaryl/α,β-unsaturated/α-hetero) is 1. The smallest absolute Gasteiger partial charge is 0.204 e. The number of rotatable bonds is 10. The number of ketones is 1. The van der Waals surface area contributed by atoms with Gasteiger partial charge in [-0.25, -0.2) is 92.2 Å². The standard InChI is InChI=1S/C26H21FOP.C24BF20/c27-25-19-11-10-18-24(25)26(28)20-29(21-12-4-1-5-13-21,22-14-6-2-7-15-22)23-16-8-3-9-17-23;26-5-1(6(27)14(35)21(42)13(5)34)25(2-7(28)15(36)22(43)16(37)8(2)29,3-9(30)17(38)23(44)18(39)10(3)31)4-11(32)19(40)24(45)20(41)12(4)33/h1-19H,20H2;/q+1;-1. The average Bonchev–Trinajstić information content (AvgIpc) is 3.41. The Morgan fingerprint density at radius 3 is 0.716 bits per heavy atom. The summed E-state index contributed by atoms with van der Waals surface area (Å²) in [7, 11) is -2.31. The van der Waals surface area contributed by atoms with Gasteiger partial charge in [-0.2, -0.15) is 0 Å². The Morgan fingerprint density at radius 1 is 0.284 bits per heavy atom. The molecule has 0 saturated heterocycles. The van der Waals surface area contributed by atoms with Gasteiger partial charge in [0.05, 0.1) is 5.56 Å². The van der Waals surface area contributed by atoms with Gasteiger partial charge in [-0.05, 0) is 48.5 Å². The van der Waals surface area contributed by atoms with E-state index >= 15 is 35.1 Å². The molecule has 0 radical (unpaired) electrons. The summed E-state index contributed by atoms with van der Waals surface area (Å²) in [4.78, 5) is 13.4. The number of halogens is 21. The molecule has 0 unspecified atom stereocenters. The zero-order chi connectivity index (χ0) is 54.5. The van der Waals surface area contributed by atoms with Crippen LogP contribution >= 0.6 is 7.26 Å². The second-order valence-electron chi connectivity index (χ2n) is 15.7. The second kappa shape index (κ2) is 20.8. The first kappa shape index (κ1) is 54.2. The summed E-state index contributed by atoms with van der Waals surface area (Å²) in [5.74, 6) is -72.0. The van der Waals surface area contributed by atoms with E-state index in [4.69, 9.17) is 0 Å². The fraction of sp³-hybridized carbons (Fsp3) is 0.0200. The van der Waals surface area contributed by atoms with E-state index in [0.29, 0.717) is 0 Å². The molecule has 0 bridgehead atoms. The number of hydrogen-bond acceptors (Lipinski definition) is 1. The third-order valence-electron chi connectivity index (χ3n) is 11.9. The normalized spacial score (nSPS) is 11.7. The Kier molecular flexibility index (Phi) is 15.2. The van der Waals surface area contributed by atoms with E-state index in [2.05, 4.69) is 36.4 Å². The van der Waals surface area contributed by atoms with Gasteiger partial charge < -0.3 is 0 Å². The first-order valence-corrected chi connectivity index (χ1v) is 22.5. The molecule has 1 nitrogen and oxygen atoms in total. The van der Waals surface area contributed by atoms with Crippen molar-refractivity contribution in [1.82, 2.24) is 0 Å². The Balaban J connectivity index is 0.000000237. The van der Waals surface area contributed by atoms with Crippen LogP contribution in [-0.4, -0.2) is 18.1 Å². The topological polar surface area (TPSA) is 17.1 Å². The Hall–Kier alpha value is -7.55. The molecule has 0 fully saturated rings. The van der Waals surface area contributed by atoms with Gasteiger partial charge in [-0.15, -0.1) is 21.9 Å². The molecular formula is C50H21BF21OP.